The summed E-state index contributed by atoms with van der Waals surface area (Å²) in [5.74, 6) is 0.192. The van der Waals surface area contributed by atoms with Gasteiger partial charge in [0.2, 0.25) is 0 Å². The van der Waals surface area contributed by atoms with Crippen LogP contribution in [0.3, 0.4) is 0 Å². The van der Waals surface area contributed by atoms with Crippen LogP contribution in [0.1, 0.15) is 0 Å². The molecule has 0 heterocycles. The second-order valence-electron chi connectivity index (χ2n) is 2.01. The van der Waals surface area contributed by atoms with Gasteiger partial charge in [0.05, 0.1) is 5.69 Å². The Morgan fingerprint density at radius 2 is 2.11 bits per heavy atom. The van der Waals surface area contributed by atoms with E-state index in [-0.39, 0.29) is 5.75 Å². The molecule has 0 spiro atoms. The van der Waals surface area contributed by atoms with Gasteiger partial charge in [-0.15, -0.1) is 0 Å². The number of para-hydroxylation sites is 1. The number of benzene rings is 1. The number of rotatable bonds is 0. The number of hydrogen-bond donors (Lipinski definition) is 2. The van der Waals surface area contributed by atoms with Crippen LogP contribution in [0.2, 0.25) is 0 Å². The molecule has 0 saturated heterocycles. The molecule has 0 atom stereocenters. The normalized spacial score (nSPS) is 9.33. The van der Waals surface area contributed by atoms with Gasteiger partial charge in [-0.05, 0) is 11.5 Å². The highest BCUT2D eigenvalue weighted by atomic mass is 16.3. The zero-order valence-electron chi connectivity index (χ0n) is 5.26. The van der Waals surface area contributed by atoms with Gasteiger partial charge in [-0.25, -0.2) is 0 Å². The maximum atomic E-state index is 9.08. The topological polar surface area (TPSA) is 46.2 Å². The van der Waals surface area contributed by atoms with Gasteiger partial charge in [0, 0.05) is 0 Å². The van der Waals surface area contributed by atoms with Crippen molar-refractivity contribution in [1.82, 2.24) is 0 Å². The zero-order chi connectivity index (χ0) is 6.85. The van der Waals surface area contributed by atoms with Gasteiger partial charge in [-0.3, -0.25) is 0 Å². The van der Waals surface area contributed by atoms with Gasteiger partial charge in [-0.1, -0.05) is 12.1 Å². The summed E-state index contributed by atoms with van der Waals surface area (Å²) in [5, 5.41) is 9.08. The van der Waals surface area contributed by atoms with Gasteiger partial charge in [0.15, 0.2) is 0 Å². The SMILES string of the molecule is Bc1cccc(N)c1O. The summed E-state index contributed by atoms with van der Waals surface area (Å²) in [4.78, 5) is 0. The molecule has 0 aromatic heterocycles. The molecule has 0 bridgehead atoms. The molecular formula is C6H8BNO. The highest BCUT2D eigenvalue weighted by Gasteiger charge is 1.95. The van der Waals surface area contributed by atoms with Crippen LogP contribution in [0.25, 0.3) is 0 Å². The number of nitrogen functional groups attached to an aromatic ring is 1. The van der Waals surface area contributed by atoms with Gasteiger partial charge in [-0.2, -0.15) is 0 Å². The Morgan fingerprint density at radius 3 is 2.56 bits per heavy atom. The van der Waals surface area contributed by atoms with E-state index in [1.54, 1.807) is 6.07 Å². The Bertz CT molecular complexity index is 204. The highest BCUT2D eigenvalue weighted by molar-refractivity contribution is 6.34. The van der Waals surface area contributed by atoms with Gasteiger partial charge < -0.3 is 10.8 Å². The molecule has 1 aromatic rings. The van der Waals surface area contributed by atoms with Crippen LogP contribution in [0.15, 0.2) is 18.2 Å². The Hall–Kier alpha value is -1.12. The monoisotopic (exact) mass is 121 g/mol. The standard InChI is InChI=1S/C6H8BNO/c7-4-2-1-3-5(8)6(4)9/h1-3,9H,7-8H2. The number of phenols is 1. The molecule has 9 heavy (non-hydrogen) atoms. The summed E-state index contributed by atoms with van der Waals surface area (Å²) >= 11 is 0. The van der Waals surface area contributed by atoms with Crippen LogP contribution in [-0.2, 0) is 0 Å². The van der Waals surface area contributed by atoms with Crippen molar-refractivity contribution < 1.29 is 5.11 Å². The summed E-state index contributed by atoms with van der Waals surface area (Å²) in [6.45, 7) is 0. The molecule has 0 unspecified atom stereocenters. The van der Waals surface area contributed by atoms with E-state index in [1.165, 1.54) is 0 Å². The molecule has 46 valence electrons. The third-order valence-electron chi connectivity index (χ3n) is 1.27. The van der Waals surface area contributed by atoms with Crippen molar-refractivity contribution in [1.29, 1.82) is 0 Å². The molecular weight excluding hydrogens is 113 g/mol. The molecule has 0 saturated carbocycles. The minimum absolute atomic E-state index is 0.192. The van der Waals surface area contributed by atoms with Crippen molar-refractivity contribution in [3.63, 3.8) is 0 Å². The van der Waals surface area contributed by atoms with Crippen molar-refractivity contribution in [2.45, 2.75) is 0 Å². The van der Waals surface area contributed by atoms with E-state index in [4.69, 9.17) is 10.8 Å². The first-order chi connectivity index (χ1) is 4.22. The van der Waals surface area contributed by atoms with E-state index in [1.807, 2.05) is 20.0 Å². The number of phenolic OH excluding ortho intramolecular Hbond substituents is 1. The van der Waals surface area contributed by atoms with Crippen molar-refractivity contribution >= 4 is 19.0 Å². The fourth-order valence-corrected chi connectivity index (χ4v) is 0.682. The van der Waals surface area contributed by atoms with Gasteiger partial charge in [0.1, 0.15) is 13.6 Å². The Labute approximate surface area is 54.7 Å². The molecule has 0 aliphatic carbocycles. The summed E-state index contributed by atoms with van der Waals surface area (Å²) in [5.41, 5.74) is 6.63. The first-order valence-corrected chi connectivity index (χ1v) is 2.76. The summed E-state index contributed by atoms with van der Waals surface area (Å²) < 4.78 is 0. The molecule has 1 rings (SSSR count). The third kappa shape index (κ3) is 0.990. The first-order valence-electron chi connectivity index (χ1n) is 2.76. The maximum Gasteiger partial charge on any atom is 0.144 e. The predicted molar refractivity (Wildman–Crippen MR) is 40.7 cm³/mol. The van der Waals surface area contributed by atoms with Crippen molar-refractivity contribution in [2.24, 2.45) is 0 Å². The predicted octanol–water partition coefficient (Wildman–Crippen LogP) is -0.767. The number of aromatic hydroxyl groups is 1. The van der Waals surface area contributed by atoms with E-state index in [2.05, 4.69) is 0 Å². The number of anilines is 1. The lowest BCUT2D eigenvalue weighted by molar-refractivity contribution is 0.482. The lowest BCUT2D eigenvalue weighted by Gasteiger charge is -1.99. The summed E-state index contributed by atoms with van der Waals surface area (Å²) in [6.07, 6.45) is 0. The highest BCUT2D eigenvalue weighted by Crippen LogP contribution is 2.13. The Balaban J connectivity index is 3.25. The fourth-order valence-electron chi connectivity index (χ4n) is 0.682. The Morgan fingerprint density at radius 1 is 1.44 bits per heavy atom. The molecule has 0 aliphatic heterocycles. The quantitative estimate of drug-likeness (QED) is 0.269. The molecule has 3 heteroatoms. The lowest BCUT2D eigenvalue weighted by atomic mass is 9.95. The number of hydrogen-bond acceptors (Lipinski definition) is 2. The van der Waals surface area contributed by atoms with Crippen LogP contribution in [0.5, 0.6) is 5.75 Å². The average molecular weight is 121 g/mol. The third-order valence-corrected chi connectivity index (χ3v) is 1.27. The smallest absolute Gasteiger partial charge is 0.144 e. The molecule has 2 nitrogen and oxygen atoms in total. The minimum atomic E-state index is 0.192. The largest absolute Gasteiger partial charge is 0.506 e. The Kier molecular flexibility index (Phi) is 1.34. The summed E-state index contributed by atoms with van der Waals surface area (Å²) in [7, 11) is 1.81. The second kappa shape index (κ2) is 2.01. The van der Waals surface area contributed by atoms with E-state index < -0.39 is 0 Å². The maximum absolute atomic E-state index is 9.08. The number of nitrogens with two attached hydrogens (primary N) is 1. The van der Waals surface area contributed by atoms with Crippen LogP contribution in [0.4, 0.5) is 5.69 Å². The lowest BCUT2D eigenvalue weighted by Crippen LogP contribution is -2.03. The van der Waals surface area contributed by atoms with E-state index >= 15 is 0 Å². The molecule has 0 amide bonds. The van der Waals surface area contributed by atoms with Gasteiger partial charge in [0.25, 0.3) is 0 Å². The second-order valence-corrected chi connectivity index (χ2v) is 2.01. The van der Waals surface area contributed by atoms with Crippen LogP contribution >= 0.6 is 0 Å². The summed E-state index contributed by atoms with van der Waals surface area (Å²) in [6, 6.07) is 5.29. The fraction of sp³-hybridized carbons (Fsp3) is 0. The molecule has 1 aromatic carbocycles. The van der Waals surface area contributed by atoms with Crippen molar-refractivity contribution in [3.8, 4) is 5.75 Å². The molecule has 0 fully saturated rings. The first kappa shape index (κ1) is 6.01. The van der Waals surface area contributed by atoms with Crippen LogP contribution in [-0.4, -0.2) is 13.0 Å². The molecule has 0 aliphatic rings. The van der Waals surface area contributed by atoms with Gasteiger partial charge >= 0.3 is 0 Å². The van der Waals surface area contributed by atoms with Crippen molar-refractivity contribution in [2.75, 3.05) is 5.73 Å². The van der Waals surface area contributed by atoms with E-state index in [0.717, 1.165) is 5.46 Å². The minimum Gasteiger partial charge on any atom is -0.506 e. The molecule has 0 radical (unpaired) electrons. The average Bonchev–Trinajstić information content (AvgIpc) is 1.83. The zero-order valence-corrected chi connectivity index (χ0v) is 5.26. The molecule has 3 N–H and O–H groups in total. The van der Waals surface area contributed by atoms with E-state index in [9.17, 15) is 0 Å². The van der Waals surface area contributed by atoms with Crippen molar-refractivity contribution in [3.05, 3.63) is 18.2 Å². The van der Waals surface area contributed by atoms with E-state index in [0.29, 0.717) is 5.69 Å². The van der Waals surface area contributed by atoms with Crippen LogP contribution < -0.4 is 11.2 Å². The van der Waals surface area contributed by atoms with Crippen LogP contribution in [0, 0.1) is 0 Å².